The van der Waals surface area contributed by atoms with Gasteiger partial charge in [-0.05, 0) is 12.3 Å². The number of aromatic nitrogens is 3. The molecule has 8 heteroatoms. The van der Waals surface area contributed by atoms with Gasteiger partial charge < -0.3 is 14.9 Å². The highest BCUT2D eigenvalue weighted by Gasteiger charge is 2.10. The van der Waals surface area contributed by atoms with Gasteiger partial charge in [0.2, 0.25) is 0 Å². The number of carbonyl (C=O) groups is 1. The number of aromatic amines is 1. The van der Waals surface area contributed by atoms with Crippen LogP contribution in [-0.2, 0) is 13.6 Å². The van der Waals surface area contributed by atoms with Crippen molar-refractivity contribution in [1.29, 1.82) is 0 Å². The largest absolute Gasteiger partial charge is 0.346 e. The van der Waals surface area contributed by atoms with Crippen molar-refractivity contribution in [3.8, 4) is 0 Å². The molecule has 0 aliphatic heterocycles. The lowest BCUT2D eigenvalue weighted by Crippen LogP contribution is -2.25. The highest BCUT2D eigenvalue weighted by molar-refractivity contribution is 7.98. The zero-order valence-electron chi connectivity index (χ0n) is 10.9. The number of nitrogens with one attached hydrogen (secondary N) is 2. The molecule has 0 unspecified atom stereocenters. The van der Waals surface area contributed by atoms with Crippen LogP contribution in [0.25, 0.3) is 0 Å². The second kappa shape index (κ2) is 6.15. The van der Waals surface area contributed by atoms with E-state index in [4.69, 9.17) is 11.6 Å². The van der Waals surface area contributed by atoms with Crippen LogP contribution in [0.5, 0.6) is 0 Å². The van der Waals surface area contributed by atoms with E-state index in [0.717, 1.165) is 10.9 Å². The van der Waals surface area contributed by atoms with Crippen LogP contribution < -0.4 is 10.9 Å². The maximum absolute atomic E-state index is 11.9. The first-order chi connectivity index (χ1) is 9.52. The van der Waals surface area contributed by atoms with Crippen LogP contribution in [-0.4, -0.2) is 26.7 Å². The van der Waals surface area contributed by atoms with E-state index < -0.39 is 5.56 Å². The SMILES string of the molecule is CSc1ncc(CNC(=O)c2c[nH]c(=O)c(Cl)c2)n1C. The third-order valence-corrected chi connectivity index (χ3v) is 3.80. The smallest absolute Gasteiger partial charge is 0.266 e. The average Bonchev–Trinajstić information content (AvgIpc) is 2.79. The van der Waals surface area contributed by atoms with Gasteiger partial charge in [0.25, 0.3) is 11.5 Å². The van der Waals surface area contributed by atoms with Gasteiger partial charge in [-0.3, -0.25) is 9.59 Å². The molecule has 6 nitrogen and oxygen atoms in total. The molecule has 0 bridgehead atoms. The van der Waals surface area contributed by atoms with Crippen LogP contribution >= 0.6 is 23.4 Å². The quantitative estimate of drug-likeness (QED) is 0.837. The lowest BCUT2D eigenvalue weighted by molar-refractivity contribution is 0.0949. The molecule has 106 valence electrons. The zero-order chi connectivity index (χ0) is 14.7. The van der Waals surface area contributed by atoms with Crippen LogP contribution in [0.4, 0.5) is 0 Å². The highest BCUT2D eigenvalue weighted by Crippen LogP contribution is 2.13. The maximum Gasteiger partial charge on any atom is 0.266 e. The first-order valence-corrected chi connectivity index (χ1v) is 7.34. The summed E-state index contributed by atoms with van der Waals surface area (Å²) in [4.78, 5) is 29.7. The number of H-pyrrole nitrogens is 1. The molecule has 2 aromatic rings. The van der Waals surface area contributed by atoms with Crippen molar-refractivity contribution in [1.82, 2.24) is 19.9 Å². The van der Waals surface area contributed by atoms with Crippen LogP contribution in [0, 0.1) is 0 Å². The second-order valence-electron chi connectivity index (χ2n) is 4.04. The van der Waals surface area contributed by atoms with Crippen molar-refractivity contribution in [3.63, 3.8) is 0 Å². The van der Waals surface area contributed by atoms with E-state index in [0.29, 0.717) is 12.1 Å². The Labute approximate surface area is 124 Å². The van der Waals surface area contributed by atoms with E-state index in [1.165, 1.54) is 24.0 Å². The molecule has 0 aromatic carbocycles. The van der Waals surface area contributed by atoms with Crippen molar-refractivity contribution >= 4 is 29.3 Å². The first kappa shape index (κ1) is 14.7. The zero-order valence-corrected chi connectivity index (χ0v) is 12.5. The number of hydrogen-bond donors (Lipinski definition) is 2. The van der Waals surface area contributed by atoms with E-state index in [-0.39, 0.29) is 10.9 Å². The Morgan fingerprint density at radius 1 is 1.60 bits per heavy atom. The molecule has 0 fully saturated rings. The summed E-state index contributed by atoms with van der Waals surface area (Å²) in [5, 5.41) is 3.62. The molecule has 1 amide bonds. The van der Waals surface area contributed by atoms with Gasteiger partial charge in [-0.15, -0.1) is 0 Å². The third kappa shape index (κ3) is 3.05. The maximum atomic E-state index is 11.9. The normalized spacial score (nSPS) is 10.6. The fourth-order valence-electron chi connectivity index (χ4n) is 1.64. The van der Waals surface area contributed by atoms with Gasteiger partial charge in [0.05, 0.1) is 24.0 Å². The summed E-state index contributed by atoms with van der Waals surface area (Å²) >= 11 is 7.21. The van der Waals surface area contributed by atoms with Crippen LogP contribution in [0.3, 0.4) is 0 Å². The molecule has 0 radical (unpaired) electrons. The number of thioether (sulfide) groups is 1. The molecule has 0 saturated heterocycles. The van der Waals surface area contributed by atoms with Gasteiger partial charge in [0.1, 0.15) is 5.02 Å². The molecule has 2 aromatic heterocycles. The van der Waals surface area contributed by atoms with Crippen LogP contribution in [0.2, 0.25) is 5.02 Å². The molecule has 2 N–H and O–H groups in total. The first-order valence-electron chi connectivity index (χ1n) is 5.74. The van der Waals surface area contributed by atoms with Gasteiger partial charge in [0.15, 0.2) is 5.16 Å². The minimum Gasteiger partial charge on any atom is -0.346 e. The van der Waals surface area contributed by atoms with Gasteiger partial charge in [-0.1, -0.05) is 23.4 Å². The summed E-state index contributed by atoms with van der Waals surface area (Å²) < 4.78 is 1.91. The lowest BCUT2D eigenvalue weighted by atomic mass is 10.2. The minimum atomic E-state index is -0.417. The van der Waals surface area contributed by atoms with Gasteiger partial charge in [0, 0.05) is 13.2 Å². The Morgan fingerprint density at radius 2 is 2.35 bits per heavy atom. The number of halogens is 1. The van der Waals surface area contributed by atoms with Gasteiger partial charge >= 0.3 is 0 Å². The molecule has 0 aliphatic rings. The molecule has 0 atom stereocenters. The second-order valence-corrected chi connectivity index (χ2v) is 5.22. The fraction of sp³-hybridized carbons (Fsp3) is 0.250. The average molecular weight is 313 g/mol. The minimum absolute atomic E-state index is 0.0112. The number of pyridine rings is 1. The number of amides is 1. The van der Waals surface area contributed by atoms with Crippen LogP contribution in [0.1, 0.15) is 16.1 Å². The molecule has 0 aliphatic carbocycles. The topological polar surface area (TPSA) is 79.8 Å². The van der Waals surface area contributed by atoms with E-state index in [2.05, 4.69) is 15.3 Å². The number of hydrogen-bond acceptors (Lipinski definition) is 4. The predicted octanol–water partition coefficient (Wildman–Crippen LogP) is 1.41. The van der Waals surface area contributed by atoms with Gasteiger partial charge in [-0.2, -0.15) is 0 Å². The summed E-state index contributed by atoms with van der Waals surface area (Å²) in [7, 11) is 1.89. The molecule has 0 spiro atoms. The van der Waals surface area contributed by atoms with Gasteiger partial charge in [-0.25, -0.2) is 4.98 Å². The van der Waals surface area contributed by atoms with Crippen molar-refractivity contribution in [3.05, 3.63) is 45.1 Å². The van der Waals surface area contributed by atoms with Crippen molar-refractivity contribution in [2.75, 3.05) is 6.26 Å². The Kier molecular flexibility index (Phi) is 4.51. The summed E-state index contributed by atoms with van der Waals surface area (Å²) in [6.45, 7) is 0.347. The Bertz CT molecular complexity index is 695. The molecule has 2 rings (SSSR count). The number of rotatable bonds is 4. The Morgan fingerprint density at radius 3 is 2.95 bits per heavy atom. The van der Waals surface area contributed by atoms with E-state index in [1.54, 1.807) is 6.20 Å². The molecule has 0 saturated carbocycles. The Hall–Kier alpha value is -1.73. The van der Waals surface area contributed by atoms with E-state index in [9.17, 15) is 9.59 Å². The predicted molar refractivity (Wildman–Crippen MR) is 78.2 cm³/mol. The summed E-state index contributed by atoms with van der Waals surface area (Å²) in [5.41, 5.74) is 0.777. The molecular formula is C12H13ClN4O2S. The molecular weight excluding hydrogens is 300 g/mol. The summed E-state index contributed by atoms with van der Waals surface area (Å²) in [6.07, 6.45) is 4.99. The number of imidazole rings is 1. The number of carbonyl (C=O) groups excluding carboxylic acids is 1. The van der Waals surface area contributed by atoms with E-state index >= 15 is 0 Å². The molecule has 2 heterocycles. The summed E-state index contributed by atoms with van der Waals surface area (Å²) in [5.74, 6) is -0.310. The van der Waals surface area contributed by atoms with Crippen molar-refractivity contribution in [2.45, 2.75) is 11.7 Å². The summed E-state index contributed by atoms with van der Waals surface area (Å²) in [6, 6.07) is 1.34. The Balaban J connectivity index is 2.06. The van der Waals surface area contributed by atoms with Crippen molar-refractivity contribution in [2.24, 2.45) is 7.05 Å². The highest BCUT2D eigenvalue weighted by atomic mass is 35.5. The fourth-order valence-corrected chi connectivity index (χ4v) is 2.36. The standard InChI is InChI=1S/C12H13ClN4O2S/c1-17-8(6-16-12(17)20-2)5-15-10(18)7-3-9(13)11(19)14-4-7/h3-4,6H,5H2,1-2H3,(H,14,19)(H,15,18). The van der Waals surface area contributed by atoms with Crippen molar-refractivity contribution < 1.29 is 4.79 Å². The monoisotopic (exact) mass is 312 g/mol. The lowest BCUT2D eigenvalue weighted by Gasteiger charge is -2.07. The third-order valence-electron chi connectivity index (χ3n) is 2.77. The van der Waals surface area contributed by atoms with E-state index in [1.807, 2.05) is 17.9 Å². The molecule has 20 heavy (non-hydrogen) atoms. The number of nitrogens with zero attached hydrogens (tertiary/aromatic N) is 2. The van der Waals surface area contributed by atoms with Crippen LogP contribution in [0.15, 0.2) is 28.4 Å².